The van der Waals surface area contributed by atoms with Crippen LogP contribution in [0.5, 0.6) is 0 Å². The van der Waals surface area contributed by atoms with Crippen molar-refractivity contribution < 1.29 is 14.8 Å². The zero-order chi connectivity index (χ0) is 22.9. The van der Waals surface area contributed by atoms with Crippen LogP contribution in [0.1, 0.15) is 42.4 Å². The molecule has 170 valence electrons. The molecule has 3 rings (SSSR count). The number of rotatable bonds is 12. The van der Waals surface area contributed by atoms with Crippen LogP contribution >= 0.6 is 11.6 Å². The van der Waals surface area contributed by atoms with Crippen LogP contribution in [0, 0.1) is 0 Å². The molecule has 2 aromatic heterocycles. The first-order chi connectivity index (χ1) is 15.4. The lowest BCUT2D eigenvalue weighted by molar-refractivity contribution is -0.122. The van der Waals surface area contributed by atoms with Crippen LogP contribution in [0.15, 0.2) is 30.5 Å². The van der Waals surface area contributed by atoms with Crippen LogP contribution in [0.2, 0.25) is 11.3 Å². The van der Waals surface area contributed by atoms with E-state index in [2.05, 4.69) is 31.2 Å². The molecule has 1 amide bonds. The van der Waals surface area contributed by atoms with Gasteiger partial charge in [0, 0.05) is 5.02 Å². The summed E-state index contributed by atoms with van der Waals surface area (Å²) in [6, 6.07) is 6.99. The zero-order valence-corrected chi connectivity index (χ0v) is 18.1. The van der Waals surface area contributed by atoms with Gasteiger partial charge in [-0.3, -0.25) is 4.79 Å². The van der Waals surface area contributed by atoms with E-state index in [4.69, 9.17) is 27.4 Å². The minimum atomic E-state index is -1.32. The Morgan fingerprint density at radius 1 is 1.19 bits per heavy atom. The molecule has 0 fully saturated rings. The number of nitrogens with two attached hydrogens (primary N) is 1. The molecule has 0 bridgehead atoms. The number of aromatic nitrogens is 7. The quantitative estimate of drug-likeness (QED) is 0.213. The largest absolute Gasteiger partial charge is 0.451 e. The number of tetrazole rings is 1. The van der Waals surface area contributed by atoms with E-state index in [9.17, 15) is 4.79 Å². The average Bonchev–Trinajstić information content (AvgIpc) is 3.40. The highest BCUT2D eigenvalue weighted by molar-refractivity contribution is 6.40. The van der Waals surface area contributed by atoms with Crippen LogP contribution < -0.4 is 11.1 Å². The topological polar surface area (TPSA) is 170 Å². The van der Waals surface area contributed by atoms with Gasteiger partial charge in [-0.15, -0.1) is 10.2 Å². The van der Waals surface area contributed by atoms with E-state index in [0.29, 0.717) is 42.3 Å². The Morgan fingerprint density at radius 2 is 1.97 bits per heavy atom. The highest BCUT2D eigenvalue weighted by atomic mass is 35.5. The summed E-state index contributed by atoms with van der Waals surface area (Å²) >= 11 is 5.89. The van der Waals surface area contributed by atoms with E-state index in [1.54, 1.807) is 10.9 Å². The number of nitrogens with zero attached hydrogens (tertiary/aromatic N) is 7. The van der Waals surface area contributed by atoms with Crippen molar-refractivity contribution in [1.29, 1.82) is 0 Å². The average molecular weight is 462 g/mol. The van der Waals surface area contributed by atoms with E-state index in [1.807, 2.05) is 24.3 Å². The lowest BCUT2D eigenvalue weighted by Gasteiger charge is -2.11. The Bertz CT molecular complexity index is 996. The van der Waals surface area contributed by atoms with Crippen LogP contribution in [-0.2, 0) is 24.4 Å². The summed E-state index contributed by atoms with van der Waals surface area (Å²) in [6.07, 6.45) is 3.90. The van der Waals surface area contributed by atoms with E-state index in [0.717, 1.165) is 5.56 Å². The van der Waals surface area contributed by atoms with Gasteiger partial charge in [0.1, 0.15) is 12.2 Å². The van der Waals surface area contributed by atoms with E-state index < -0.39 is 13.2 Å². The number of amides is 1. The number of hydrogen-bond acceptors (Lipinski definition) is 9. The summed E-state index contributed by atoms with van der Waals surface area (Å²) in [4.78, 5) is 12.3. The summed E-state index contributed by atoms with van der Waals surface area (Å²) in [7, 11) is -1.32. The van der Waals surface area contributed by atoms with Gasteiger partial charge in [0.15, 0.2) is 5.82 Å². The molecule has 1 aromatic carbocycles. The third-order valence-electron chi connectivity index (χ3n) is 4.72. The molecule has 32 heavy (non-hydrogen) atoms. The predicted molar refractivity (Wildman–Crippen MR) is 116 cm³/mol. The smallest absolute Gasteiger partial charge is 0.427 e. The summed E-state index contributed by atoms with van der Waals surface area (Å²) in [5.41, 5.74) is 7.77. The predicted octanol–water partition coefficient (Wildman–Crippen LogP) is -0.0744. The van der Waals surface area contributed by atoms with E-state index >= 15 is 0 Å². The normalized spacial score (nSPS) is 12.0. The maximum absolute atomic E-state index is 12.3. The van der Waals surface area contributed by atoms with Crippen molar-refractivity contribution in [2.24, 2.45) is 5.73 Å². The molecule has 0 radical (unpaired) electrons. The second kappa shape index (κ2) is 11.7. The molecule has 14 heteroatoms. The second-order valence-corrected chi connectivity index (χ2v) is 7.81. The fourth-order valence-electron chi connectivity index (χ4n) is 3.06. The fraction of sp³-hybridized carbons (Fsp3) is 0.444. The Kier molecular flexibility index (Phi) is 8.68. The number of unbranched alkanes of at least 4 members (excludes halogenated alkanes) is 1. The third kappa shape index (κ3) is 7.37. The van der Waals surface area contributed by atoms with Crippen molar-refractivity contribution in [2.45, 2.75) is 51.3 Å². The molecule has 0 saturated heterocycles. The first-order valence-electron chi connectivity index (χ1n) is 10.2. The first-order valence-corrected chi connectivity index (χ1v) is 10.6. The minimum absolute atomic E-state index is 0.0791. The second-order valence-electron chi connectivity index (χ2n) is 7.38. The lowest BCUT2D eigenvalue weighted by Crippen LogP contribution is -2.29. The van der Waals surface area contributed by atoms with Gasteiger partial charge in [-0.1, -0.05) is 41.8 Å². The Hall–Kier alpha value is -2.87. The third-order valence-corrected chi connectivity index (χ3v) is 4.97. The minimum Gasteiger partial charge on any atom is -0.427 e. The molecule has 1 unspecified atom stereocenters. The molecule has 5 N–H and O–H groups in total. The molecule has 12 nitrogen and oxygen atoms in total. The van der Waals surface area contributed by atoms with Crippen LogP contribution in [0.25, 0.3) is 0 Å². The fourth-order valence-corrected chi connectivity index (χ4v) is 3.19. The van der Waals surface area contributed by atoms with Crippen molar-refractivity contribution in [3.05, 3.63) is 52.6 Å². The first kappa shape index (κ1) is 23.8. The van der Waals surface area contributed by atoms with Crippen LogP contribution in [0.3, 0.4) is 0 Å². The molecule has 0 aliphatic rings. The van der Waals surface area contributed by atoms with Gasteiger partial charge >= 0.3 is 7.12 Å². The molecule has 2 heterocycles. The van der Waals surface area contributed by atoms with Crippen molar-refractivity contribution in [2.75, 3.05) is 0 Å². The van der Waals surface area contributed by atoms with Gasteiger partial charge < -0.3 is 21.1 Å². The zero-order valence-electron chi connectivity index (χ0n) is 17.4. The summed E-state index contributed by atoms with van der Waals surface area (Å²) in [6.45, 7) is 0.679. The number of carbonyl (C=O) groups is 1. The number of carbonyl (C=O) groups excluding carboxylic acids is 1. The van der Waals surface area contributed by atoms with Crippen LogP contribution in [0.4, 0.5) is 0 Å². The molecule has 3 aromatic rings. The maximum Gasteiger partial charge on any atom is 0.451 e. The lowest BCUT2D eigenvalue weighted by atomic mass is 9.83. The van der Waals surface area contributed by atoms with Gasteiger partial charge in [-0.05, 0) is 40.9 Å². The number of halogens is 1. The molecule has 1 atom stereocenters. The SMILES string of the molecule is NC(CCCCB(O)O)c1nnnn1CC(=O)NCc1cn(Cc2ccc(Cl)cc2)nn1. The molecule has 0 saturated carbocycles. The van der Waals surface area contributed by atoms with Gasteiger partial charge in [-0.25, -0.2) is 9.36 Å². The number of nitrogens with one attached hydrogen (secondary N) is 1. The molecule has 0 aliphatic carbocycles. The van der Waals surface area contributed by atoms with E-state index in [-0.39, 0.29) is 25.3 Å². The molecular weight excluding hydrogens is 437 g/mol. The van der Waals surface area contributed by atoms with Crippen molar-refractivity contribution in [3.63, 3.8) is 0 Å². The van der Waals surface area contributed by atoms with Gasteiger partial charge in [0.05, 0.1) is 25.3 Å². The summed E-state index contributed by atoms with van der Waals surface area (Å²) in [5, 5.41) is 40.7. The molecule has 0 aliphatic heterocycles. The molecule has 0 spiro atoms. The van der Waals surface area contributed by atoms with Crippen molar-refractivity contribution in [1.82, 2.24) is 40.5 Å². The standard InChI is InChI=1S/C18H25BClN9O3/c20-14-6-4-13(5-7-14)10-28-11-15(23-26-28)9-22-17(30)12-29-18(24-25-27-29)16(21)3-1-2-8-19(31)32/h4-7,11,16,31-32H,1-3,8-10,12,21H2,(H,22,30). The monoisotopic (exact) mass is 461 g/mol. The Morgan fingerprint density at radius 3 is 2.72 bits per heavy atom. The Labute approximate surface area is 189 Å². The highest BCUT2D eigenvalue weighted by Crippen LogP contribution is 2.15. The maximum atomic E-state index is 12.3. The van der Waals surface area contributed by atoms with Crippen LogP contribution in [-0.4, -0.2) is 58.3 Å². The van der Waals surface area contributed by atoms with Gasteiger partial charge in [0.25, 0.3) is 0 Å². The number of hydrogen-bond donors (Lipinski definition) is 4. The Balaban J connectivity index is 1.45. The molecular formula is C18H25BClN9O3. The highest BCUT2D eigenvalue weighted by Gasteiger charge is 2.17. The van der Waals surface area contributed by atoms with Gasteiger partial charge in [0.2, 0.25) is 5.91 Å². The number of benzene rings is 1. The van der Waals surface area contributed by atoms with Crippen molar-refractivity contribution in [3.8, 4) is 0 Å². The van der Waals surface area contributed by atoms with Crippen molar-refractivity contribution >= 4 is 24.6 Å². The summed E-state index contributed by atoms with van der Waals surface area (Å²) in [5.74, 6) is 0.111. The van der Waals surface area contributed by atoms with E-state index in [1.165, 1.54) is 4.68 Å². The summed E-state index contributed by atoms with van der Waals surface area (Å²) < 4.78 is 3.04. The van der Waals surface area contributed by atoms with Gasteiger partial charge in [-0.2, -0.15) is 0 Å².